The fourth-order valence-corrected chi connectivity index (χ4v) is 1.58. The maximum atomic E-state index is 13.1. The summed E-state index contributed by atoms with van der Waals surface area (Å²) in [6.07, 6.45) is 5.24. The van der Waals surface area contributed by atoms with Gasteiger partial charge in [-0.25, -0.2) is 9.37 Å². The topological polar surface area (TPSA) is 63.8 Å². The fourth-order valence-electron chi connectivity index (χ4n) is 1.08. The van der Waals surface area contributed by atoms with E-state index in [1.807, 2.05) is 0 Å². The molecule has 0 unspecified atom stereocenters. The molecule has 1 heterocycles. The number of anilines is 2. The third-order valence-corrected chi connectivity index (χ3v) is 2.53. The number of unbranched alkanes of at least 4 members (excludes halogenated alkanes) is 1. The molecule has 0 aliphatic carbocycles. The summed E-state index contributed by atoms with van der Waals surface area (Å²) in [6, 6.07) is 0. The molecule has 1 rings (SSSR count). The van der Waals surface area contributed by atoms with Gasteiger partial charge >= 0.3 is 0 Å². The van der Waals surface area contributed by atoms with Gasteiger partial charge in [-0.1, -0.05) is 0 Å². The molecule has 0 aromatic carbocycles. The van der Waals surface area contributed by atoms with Crippen LogP contribution in [0.3, 0.4) is 0 Å². The van der Waals surface area contributed by atoms with Crippen molar-refractivity contribution in [2.24, 2.45) is 0 Å². The summed E-state index contributed by atoms with van der Waals surface area (Å²) in [4.78, 5) is 7.31. The highest BCUT2D eigenvalue weighted by Crippen LogP contribution is 2.10. The molecule has 6 heteroatoms. The van der Waals surface area contributed by atoms with Crippen LogP contribution in [-0.4, -0.2) is 28.5 Å². The Morgan fingerprint density at radius 1 is 1.53 bits per heavy atom. The van der Waals surface area contributed by atoms with Crippen molar-refractivity contribution in [2.45, 2.75) is 12.8 Å². The Hall–Kier alpha value is -1.04. The summed E-state index contributed by atoms with van der Waals surface area (Å²) >= 11 is 1.81. The molecule has 0 radical (unpaired) electrons. The number of hydrogen-bond acceptors (Lipinski definition) is 5. The Labute approximate surface area is 92.9 Å². The van der Waals surface area contributed by atoms with Gasteiger partial charge in [-0.2, -0.15) is 16.7 Å². The molecular formula is C9H15FN4S. The van der Waals surface area contributed by atoms with Crippen molar-refractivity contribution in [3.8, 4) is 0 Å². The van der Waals surface area contributed by atoms with Gasteiger partial charge < -0.3 is 11.1 Å². The second kappa shape index (κ2) is 6.44. The summed E-state index contributed by atoms with van der Waals surface area (Å²) in [5.74, 6) is 0.930. The maximum Gasteiger partial charge on any atom is 0.222 e. The van der Waals surface area contributed by atoms with Gasteiger partial charge in [0.1, 0.15) is 0 Å². The molecule has 0 amide bonds. The van der Waals surface area contributed by atoms with Crippen LogP contribution < -0.4 is 11.1 Å². The first-order valence-corrected chi connectivity index (χ1v) is 6.14. The van der Waals surface area contributed by atoms with Crippen molar-refractivity contribution in [2.75, 3.05) is 29.6 Å². The Morgan fingerprint density at radius 2 is 2.33 bits per heavy atom. The molecule has 1 aromatic rings. The van der Waals surface area contributed by atoms with Crippen LogP contribution in [0.1, 0.15) is 12.8 Å². The lowest BCUT2D eigenvalue weighted by atomic mass is 10.3. The van der Waals surface area contributed by atoms with E-state index in [4.69, 9.17) is 5.73 Å². The number of halogens is 1. The van der Waals surface area contributed by atoms with E-state index in [-0.39, 0.29) is 11.8 Å². The summed E-state index contributed by atoms with van der Waals surface area (Å²) in [7, 11) is 0. The van der Waals surface area contributed by atoms with Gasteiger partial charge in [0.05, 0.1) is 6.20 Å². The first kappa shape index (κ1) is 12.0. The molecule has 0 bridgehead atoms. The fraction of sp³-hybridized carbons (Fsp3) is 0.556. The Morgan fingerprint density at radius 3 is 3.07 bits per heavy atom. The monoisotopic (exact) mass is 230 g/mol. The van der Waals surface area contributed by atoms with E-state index in [1.54, 1.807) is 11.8 Å². The molecule has 84 valence electrons. The minimum absolute atomic E-state index is 0.0861. The van der Waals surface area contributed by atoms with Crippen LogP contribution in [0.4, 0.5) is 16.2 Å². The van der Waals surface area contributed by atoms with E-state index in [0.717, 1.165) is 24.8 Å². The second-order valence-corrected chi connectivity index (χ2v) is 4.04. The van der Waals surface area contributed by atoms with Crippen molar-refractivity contribution in [1.82, 2.24) is 9.97 Å². The van der Waals surface area contributed by atoms with Crippen LogP contribution in [0.5, 0.6) is 0 Å². The highest BCUT2D eigenvalue weighted by Gasteiger charge is 2.03. The Balaban J connectivity index is 2.33. The largest absolute Gasteiger partial charge is 0.368 e. The number of aromatic nitrogens is 2. The molecule has 0 fully saturated rings. The highest BCUT2D eigenvalue weighted by molar-refractivity contribution is 7.98. The molecule has 3 N–H and O–H groups in total. The van der Waals surface area contributed by atoms with Gasteiger partial charge in [-0.3, -0.25) is 0 Å². The predicted molar refractivity (Wildman–Crippen MR) is 62.5 cm³/mol. The van der Waals surface area contributed by atoms with E-state index >= 15 is 0 Å². The zero-order chi connectivity index (χ0) is 11.1. The van der Waals surface area contributed by atoms with Crippen molar-refractivity contribution in [3.63, 3.8) is 0 Å². The zero-order valence-corrected chi connectivity index (χ0v) is 9.48. The normalized spacial score (nSPS) is 10.3. The van der Waals surface area contributed by atoms with Crippen molar-refractivity contribution < 1.29 is 4.39 Å². The number of nitrogen functional groups attached to an aromatic ring is 1. The SMILES string of the molecule is CSCCCCNc1nc(N)ncc1F. The maximum absolute atomic E-state index is 13.1. The van der Waals surface area contributed by atoms with Crippen LogP contribution in [0.15, 0.2) is 6.20 Å². The molecule has 0 aliphatic rings. The molecule has 0 saturated carbocycles. The highest BCUT2D eigenvalue weighted by atomic mass is 32.2. The average molecular weight is 230 g/mol. The zero-order valence-electron chi connectivity index (χ0n) is 8.66. The average Bonchev–Trinajstić information content (AvgIpc) is 2.23. The number of thioether (sulfide) groups is 1. The van der Waals surface area contributed by atoms with Gasteiger partial charge in [-0.05, 0) is 24.9 Å². The summed E-state index contributed by atoms with van der Waals surface area (Å²) in [5, 5.41) is 2.90. The van der Waals surface area contributed by atoms with Crippen molar-refractivity contribution >= 4 is 23.5 Å². The Kier molecular flexibility index (Phi) is 5.17. The predicted octanol–water partition coefficient (Wildman–Crippen LogP) is 1.75. The lowest BCUT2D eigenvalue weighted by Gasteiger charge is -2.06. The summed E-state index contributed by atoms with van der Waals surface area (Å²) < 4.78 is 13.1. The molecule has 1 aromatic heterocycles. The van der Waals surface area contributed by atoms with Gasteiger partial charge in [0.25, 0.3) is 0 Å². The lowest BCUT2D eigenvalue weighted by molar-refractivity contribution is 0.617. The number of hydrogen-bond donors (Lipinski definition) is 2. The lowest BCUT2D eigenvalue weighted by Crippen LogP contribution is -2.08. The minimum atomic E-state index is -0.464. The molecular weight excluding hydrogens is 215 g/mol. The Bertz CT molecular complexity index is 308. The molecule has 0 saturated heterocycles. The van der Waals surface area contributed by atoms with Crippen LogP contribution >= 0.6 is 11.8 Å². The van der Waals surface area contributed by atoms with E-state index in [0.29, 0.717) is 6.54 Å². The van der Waals surface area contributed by atoms with Crippen LogP contribution in [0, 0.1) is 5.82 Å². The number of rotatable bonds is 6. The number of nitrogens with one attached hydrogen (secondary N) is 1. The molecule has 0 spiro atoms. The number of nitrogens with two attached hydrogens (primary N) is 1. The van der Waals surface area contributed by atoms with Crippen molar-refractivity contribution in [1.29, 1.82) is 0 Å². The molecule has 4 nitrogen and oxygen atoms in total. The summed E-state index contributed by atoms with van der Waals surface area (Å²) in [5.41, 5.74) is 5.35. The van der Waals surface area contributed by atoms with Crippen LogP contribution in [0.25, 0.3) is 0 Å². The first-order chi connectivity index (χ1) is 7.24. The first-order valence-electron chi connectivity index (χ1n) is 4.75. The summed E-state index contributed by atoms with van der Waals surface area (Å²) in [6.45, 7) is 0.702. The third kappa shape index (κ3) is 4.33. The van der Waals surface area contributed by atoms with E-state index in [9.17, 15) is 4.39 Å². The van der Waals surface area contributed by atoms with E-state index < -0.39 is 5.82 Å². The van der Waals surface area contributed by atoms with Gasteiger partial charge in [-0.15, -0.1) is 0 Å². The van der Waals surface area contributed by atoms with Gasteiger partial charge in [0.15, 0.2) is 11.6 Å². The standard InChI is InChI=1S/C9H15FN4S/c1-15-5-3-2-4-12-8-7(10)6-13-9(11)14-8/h6H,2-5H2,1H3,(H3,11,12,13,14). The van der Waals surface area contributed by atoms with Gasteiger partial charge in [0.2, 0.25) is 5.95 Å². The molecule has 0 atom stereocenters. The molecule has 0 aliphatic heterocycles. The minimum Gasteiger partial charge on any atom is -0.368 e. The quantitative estimate of drug-likeness (QED) is 0.729. The van der Waals surface area contributed by atoms with E-state index in [1.165, 1.54) is 0 Å². The van der Waals surface area contributed by atoms with E-state index in [2.05, 4.69) is 21.5 Å². The smallest absolute Gasteiger partial charge is 0.222 e. The number of nitrogens with zero attached hydrogens (tertiary/aromatic N) is 2. The van der Waals surface area contributed by atoms with Gasteiger partial charge in [0, 0.05) is 6.54 Å². The van der Waals surface area contributed by atoms with Crippen molar-refractivity contribution in [3.05, 3.63) is 12.0 Å². The third-order valence-electron chi connectivity index (χ3n) is 1.83. The van der Waals surface area contributed by atoms with Crippen LogP contribution in [0.2, 0.25) is 0 Å². The second-order valence-electron chi connectivity index (χ2n) is 3.05. The van der Waals surface area contributed by atoms with Crippen LogP contribution in [-0.2, 0) is 0 Å². The molecule has 15 heavy (non-hydrogen) atoms.